The number of aliphatic hydroxyl groups is 1. The maximum absolute atomic E-state index is 12.3. The molecule has 122 valence electrons. The number of aliphatic hydroxyl groups excluding tert-OH is 1. The molecule has 1 aromatic heterocycles. The van der Waals surface area contributed by atoms with Gasteiger partial charge in [0.05, 0.1) is 24.9 Å². The van der Waals surface area contributed by atoms with Gasteiger partial charge in [-0.2, -0.15) is 0 Å². The van der Waals surface area contributed by atoms with Crippen LogP contribution in [-0.2, 0) is 11.3 Å². The minimum atomic E-state index is -0.732. The Balaban J connectivity index is 1.79. The highest BCUT2D eigenvalue weighted by molar-refractivity contribution is 5.95. The summed E-state index contributed by atoms with van der Waals surface area (Å²) in [5, 5.41) is 10.0. The van der Waals surface area contributed by atoms with Gasteiger partial charge in [0.2, 0.25) is 0 Å². The van der Waals surface area contributed by atoms with Crippen LogP contribution in [0.5, 0.6) is 0 Å². The molecular weight excluding hydrogens is 292 g/mol. The SMILES string of the molecule is Cc1ncccc1C(=O)N(C)CC(O)COCc1ccccc1. The molecule has 2 rings (SSSR count). The monoisotopic (exact) mass is 314 g/mol. The molecule has 2 aromatic rings. The average molecular weight is 314 g/mol. The van der Waals surface area contributed by atoms with E-state index in [1.807, 2.05) is 30.3 Å². The second-order valence-corrected chi connectivity index (χ2v) is 5.48. The van der Waals surface area contributed by atoms with E-state index < -0.39 is 6.10 Å². The molecule has 0 bridgehead atoms. The van der Waals surface area contributed by atoms with E-state index in [1.165, 1.54) is 4.90 Å². The van der Waals surface area contributed by atoms with Crippen LogP contribution in [0.25, 0.3) is 0 Å². The lowest BCUT2D eigenvalue weighted by atomic mass is 10.2. The normalized spacial score (nSPS) is 12.0. The Kier molecular flexibility index (Phi) is 6.26. The Hall–Kier alpha value is -2.24. The number of ether oxygens (including phenoxy) is 1. The molecule has 0 fully saturated rings. The van der Waals surface area contributed by atoms with Crippen LogP contribution < -0.4 is 0 Å². The maximum Gasteiger partial charge on any atom is 0.255 e. The Bertz CT molecular complexity index is 631. The number of rotatable bonds is 7. The molecule has 1 unspecified atom stereocenters. The molecule has 0 spiro atoms. The molecule has 0 radical (unpaired) electrons. The first kappa shape index (κ1) is 17.1. The van der Waals surface area contributed by atoms with Gasteiger partial charge in [0.1, 0.15) is 0 Å². The van der Waals surface area contributed by atoms with E-state index in [1.54, 1.807) is 32.3 Å². The standard InChI is InChI=1S/C18H22N2O3/c1-14-17(9-6-10-19-14)18(22)20(2)11-16(21)13-23-12-15-7-4-3-5-8-15/h3-10,16,21H,11-13H2,1-2H3. The molecule has 1 heterocycles. The lowest BCUT2D eigenvalue weighted by Gasteiger charge is -2.21. The summed E-state index contributed by atoms with van der Waals surface area (Å²) in [6, 6.07) is 13.2. The van der Waals surface area contributed by atoms with E-state index in [9.17, 15) is 9.90 Å². The van der Waals surface area contributed by atoms with Gasteiger partial charge in [-0.15, -0.1) is 0 Å². The van der Waals surface area contributed by atoms with Crippen molar-refractivity contribution in [1.82, 2.24) is 9.88 Å². The third kappa shape index (κ3) is 5.16. The van der Waals surface area contributed by atoms with E-state index in [4.69, 9.17) is 4.74 Å². The minimum absolute atomic E-state index is 0.155. The molecule has 1 aromatic carbocycles. The summed E-state index contributed by atoms with van der Waals surface area (Å²) in [6.07, 6.45) is 0.919. The first-order chi connectivity index (χ1) is 11.1. The van der Waals surface area contributed by atoms with Crippen molar-refractivity contribution < 1.29 is 14.6 Å². The van der Waals surface area contributed by atoms with Crippen LogP contribution in [0.4, 0.5) is 0 Å². The summed E-state index contributed by atoms with van der Waals surface area (Å²) in [5.74, 6) is -0.155. The summed E-state index contributed by atoms with van der Waals surface area (Å²) in [7, 11) is 1.66. The average Bonchev–Trinajstić information content (AvgIpc) is 2.55. The second kappa shape index (κ2) is 8.41. The van der Waals surface area contributed by atoms with Gasteiger partial charge in [0, 0.05) is 25.5 Å². The second-order valence-electron chi connectivity index (χ2n) is 5.48. The molecule has 1 N–H and O–H groups in total. The van der Waals surface area contributed by atoms with Crippen molar-refractivity contribution in [3.05, 3.63) is 65.5 Å². The highest BCUT2D eigenvalue weighted by atomic mass is 16.5. The van der Waals surface area contributed by atoms with Crippen LogP contribution >= 0.6 is 0 Å². The van der Waals surface area contributed by atoms with E-state index in [-0.39, 0.29) is 19.1 Å². The van der Waals surface area contributed by atoms with Crippen molar-refractivity contribution in [3.63, 3.8) is 0 Å². The van der Waals surface area contributed by atoms with Crippen LogP contribution in [0.1, 0.15) is 21.6 Å². The predicted molar refractivity (Wildman–Crippen MR) is 88.0 cm³/mol. The van der Waals surface area contributed by atoms with Gasteiger partial charge in [0.25, 0.3) is 5.91 Å². The summed E-state index contributed by atoms with van der Waals surface area (Å²) < 4.78 is 5.49. The molecule has 0 aliphatic carbocycles. The Morgan fingerprint density at radius 2 is 2.00 bits per heavy atom. The molecule has 1 amide bonds. The zero-order chi connectivity index (χ0) is 16.7. The fraction of sp³-hybridized carbons (Fsp3) is 0.333. The van der Waals surface area contributed by atoms with Gasteiger partial charge in [-0.25, -0.2) is 0 Å². The van der Waals surface area contributed by atoms with Crippen LogP contribution in [0.15, 0.2) is 48.7 Å². The van der Waals surface area contributed by atoms with Crippen molar-refractivity contribution in [2.24, 2.45) is 0 Å². The Morgan fingerprint density at radius 3 is 2.70 bits per heavy atom. The van der Waals surface area contributed by atoms with Crippen molar-refractivity contribution in [2.45, 2.75) is 19.6 Å². The number of hydrogen-bond donors (Lipinski definition) is 1. The molecular formula is C18H22N2O3. The lowest BCUT2D eigenvalue weighted by molar-refractivity contribution is 0.0136. The molecule has 0 aliphatic heterocycles. The summed E-state index contributed by atoms with van der Waals surface area (Å²) in [5.41, 5.74) is 2.28. The number of carbonyl (C=O) groups is 1. The van der Waals surface area contributed by atoms with Gasteiger partial charge in [0.15, 0.2) is 0 Å². The number of hydrogen-bond acceptors (Lipinski definition) is 4. The molecule has 0 aliphatic rings. The molecule has 5 heteroatoms. The van der Waals surface area contributed by atoms with Gasteiger partial charge in [-0.1, -0.05) is 30.3 Å². The minimum Gasteiger partial charge on any atom is -0.389 e. The number of aromatic nitrogens is 1. The number of carbonyl (C=O) groups excluding carboxylic acids is 1. The van der Waals surface area contributed by atoms with Crippen LogP contribution in [0.2, 0.25) is 0 Å². The quantitative estimate of drug-likeness (QED) is 0.849. The number of pyridine rings is 1. The lowest BCUT2D eigenvalue weighted by Crippen LogP contribution is -2.36. The van der Waals surface area contributed by atoms with Crippen molar-refractivity contribution in [2.75, 3.05) is 20.2 Å². The van der Waals surface area contributed by atoms with Gasteiger partial charge >= 0.3 is 0 Å². The Morgan fingerprint density at radius 1 is 1.26 bits per heavy atom. The van der Waals surface area contributed by atoms with E-state index in [0.717, 1.165) is 5.56 Å². The number of benzene rings is 1. The third-order valence-corrected chi connectivity index (χ3v) is 3.49. The largest absolute Gasteiger partial charge is 0.389 e. The third-order valence-electron chi connectivity index (χ3n) is 3.49. The summed E-state index contributed by atoms with van der Waals surface area (Å²) >= 11 is 0. The van der Waals surface area contributed by atoms with Crippen LogP contribution in [0, 0.1) is 6.92 Å². The fourth-order valence-electron chi connectivity index (χ4n) is 2.25. The van der Waals surface area contributed by atoms with Crippen molar-refractivity contribution >= 4 is 5.91 Å². The molecule has 5 nitrogen and oxygen atoms in total. The molecule has 0 saturated carbocycles. The van der Waals surface area contributed by atoms with E-state index >= 15 is 0 Å². The van der Waals surface area contributed by atoms with Crippen LogP contribution in [-0.4, -0.2) is 47.2 Å². The zero-order valence-electron chi connectivity index (χ0n) is 13.5. The summed E-state index contributed by atoms with van der Waals surface area (Å²) in [6.45, 7) is 2.62. The van der Waals surface area contributed by atoms with Crippen molar-refractivity contribution in [1.29, 1.82) is 0 Å². The zero-order valence-corrected chi connectivity index (χ0v) is 13.5. The number of amides is 1. The number of aryl methyl sites for hydroxylation is 1. The van der Waals surface area contributed by atoms with Gasteiger partial charge in [-0.3, -0.25) is 9.78 Å². The molecule has 1 atom stereocenters. The highest BCUT2D eigenvalue weighted by Gasteiger charge is 2.17. The molecule has 0 saturated heterocycles. The maximum atomic E-state index is 12.3. The molecule has 23 heavy (non-hydrogen) atoms. The Labute approximate surface area is 136 Å². The first-order valence-corrected chi connectivity index (χ1v) is 7.54. The predicted octanol–water partition coefficient (Wildman–Crippen LogP) is 2.04. The van der Waals surface area contributed by atoms with Gasteiger partial charge in [-0.05, 0) is 24.6 Å². The van der Waals surface area contributed by atoms with Crippen LogP contribution in [0.3, 0.4) is 0 Å². The van der Waals surface area contributed by atoms with E-state index in [0.29, 0.717) is 17.9 Å². The van der Waals surface area contributed by atoms with Crippen molar-refractivity contribution in [3.8, 4) is 0 Å². The highest BCUT2D eigenvalue weighted by Crippen LogP contribution is 2.08. The fourth-order valence-corrected chi connectivity index (χ4v) is 2.25. The number of likely N-dealkylation sites (N-methyl/N-ethyl adjacent to an activating group) is 1. The number of nitrogens with zero attached hydrogens (tertiary/aromatic N) is 2. The van der Waals surface area contributed by atoms with E-state index in [2.05, 4.69) is 4.98 Å². The summed E-state index contributed by atoms with van der Waals surface area (Å²) in [4.78, 5) is 17.9. The smallest absolute Gasteiger partial charge is 0.255 e. The topological polar surface area (TPSA) is 62.7 Å². The first-order valence-electron chi connectivity index (χ1n) is 7.54. The van der Waals surface area contributed by atoms with Gasteiger partial charge < -0.3 is 14.7 Å².